The summed E-state index contributed by atoms with van der Waals surface area (Å²) in [7, 11) is 1.65. The largest absolute Gasteiger partial charge is 0.392 e. The third-order valence-electron chi connectivity index (χ3n) is 4.26. The number of methoxy groups -OCH3 is 1. The number of carbonyl (C=O) groups excluding carboxylic acids is 1. The summed E-state index contributed by atoms with van der Waals surface area (Å²) in [6.07, 6.45) is 4.56. The van der Waals surface area contributed by atoms with Gasteiger partial charge in [0.15, 0.2) is 0 Å². The maximum absolute atomic E-state index is 12.9. The highest BCUT2D eigenvalue weighted by Crippen LogP contribution is 2.40. The molecule has 1 aliphatic carbocycles. The minimum Gasteiger partial charge on any atom is -0.392 e. The molecule has 4 nitrogen and oxygen atoms in total. The average molecular weight is 286 g/mol. The third kappa shape index (κ3) is 3.45. The molecule has 5 heteroatoms. The second kappa shape index (κ2) is 7.20. The minimum absolute atomic E-state index is 0.101. The maximum Gasteiger partial charge on any atom is 0.235 e. The van der Waals surface area contributed by atoms with E-state index >= 15 is 0 Å². The van der Waals surface area contributed by atoms with Crippen molar-refractivity contribution in [2.24, 2.45) is 11.1 Å². The SMILES string of the molecule is CCC(C)N(CCOC)C(=O)C1(C(N)=S)CCCC1. The molecule has 19 heavy (non-hydrogen) atoms. The van der Waals surface area contributed by atoms with Gasteiger partial charge in [0, 0.05) is 19.7 Å². The molecular weight excluding hydrogens is 260 g/mol. The van der Waals surface area contributed by atoms with Crippen LogP contribution in [0.2, 0.25) is 0 Å². The van der Waals surface area contributed by atoms with Crippen LogP contribution in [0.4, 0.5) is 0 Å². The summed E-state index contributed by atoms with van der Waals surface area (Å²) in [4.78, 5) is 15.2. The summed E-state index contributed by atoms with van der Waals surface area (Å²) in [6, 6.07) is 0.189. The number of ether oxygens (including phenoxy) is 1. The lowest BCUT2D eigenvalue weighted by Gasteiger charge is -2.37. The summed E-state index contributed by atoms with van der Waals surface area (Å²) in [5.74, 6) is 0.101. The van der Waals surface area contributed by atoms with Crippen LogP contribution < -0.4 is 5.73 Å². The first kappa shape index (κ1) is 16.4. The number of thiocarbonyl (C=S) groups is 1. The van der Waals surface area contributed by atoms with Crippen molar-refractivity contribution in [3.63, 3.8) is 0 Å². The van der Waals surface area contributed by atoms with E-state index in [0.29, 0.717) is 18.1 Å². The average Bonchev–Trinajstić information content (AvgIpc) is 2.89. The first-order valence-corrected chi connectivity index (χ1v) is 7.50. The molecular formula is C14H26N2O2S. The molecule has 1 saturated carbocycles. The highest BCUT2D eigenvalue weighted by atomic mass is 32.1. The van der Waals surface area contributed by atoms with Crippen molar-refractivity contribution in [1.29, 1.82) is 0 Å². The van der Waals surface area contributed by atoms with Gasteiger partial charge in [0.25, 0.3) is 0 Å². The van der Waals surface area contributed by atoms with E-state index in [0.717, 1.165) is 32.1 Å². The molecule has 1 rings (SSSR count). The Bertz CT molecular complexity index is 327. The van der Waals surface area contributed by atoms with Gasteiger partial charge in [0.1, 0.15) is 0 Å². The van der Waals surface area contributed by atoms with Crippen LogP contribution in [-0.4, -0.2) is 42.1 Å². The van der Waals surface area contributed by atoms with Crippen LogP contribution in [0.1, 0.15) is 46.0 Å². The van der Waals surface area contributed by atoms with Crippen LogP contribution in [0, 0.1) is 5.41 Å². The fraction of sp³-hybridized carbons (Fsp3) is 0.857. The number of carbonyl (C=O) groups is 1. The van der Waals surface area contributed by atoms with Crippen molar-refractivity contribution in [2.45, 2.75) is 52.0 Å². The molecule has 1 amide bonds. The normalized spacial score (nSPS) is 19.1. The highest BCUT2D eigenvalue weighted by Gasteiger charge is 2.46. The predicted octanol–water partition coefficient (Wildman–Crippen LogP) is 2.11. The van der Waals surface area contributed by atoms with Gasteiger partial charge in [-0.2, -0.15) is 0 Å². The second-order valence-electron chi connectivity index (χ2n) is 5.40. The van der Waals surface area contributed by atoms with Crippen molar-refractivity contribution >= 4 is 23.1 Å². The molecule has 1 atom stereocenters. The summed E-state index contributed by atoms with van der Waals surface area (Å²) >= 11 is 5.20. The zero-order valence-corrected chi connectivity index (χ0v) is 13.1. The van der Waals surface area contributed by atoms with Gasteiger partial charge in [-0.15, -0.1) is 0 Å². The van der Waals surface area contributed by atoms with Crippen molar-refractivity contribution in [1.82, 2.24) is 4.90 Å². The number of nitrogens with zero attached hydrogens (tertiary/aromatic N) is 1. The van der Waals surface area contributed by atoms with Crippen molar-refractivity contribution in [3.05, 3.63) is 0 Å². The van der Waals surface area contributed by atoms with Gasteiger partial charge in [-0.05, 0) is 26.2 Å². The second-order valence-corrected chi connectivity index (χ2v) is 5.84. The molecule has 1 aliphatic rings. The van der Waals surface area contributed by atoms with E-state index in [-0.39, 0.29) is 11.9 Å². The van der Waals surface area contributed by atoms with Crippen LogP contribution >= 0.6 is 12.2 Å². The van der Waals surface area contributed by atoms with Crippen LogP contribution in [-0.2, 0) is 9.53 Å². The zero-order chi connectivity index (χ0) is 14.5. The van der Waals surface area contributed by atoms with E-state index in [1.807, 2.05) is 4.90 Å². The lowest BCUT2D eigenvalue weighted by molar-refractivity contribution is -0.141. The number of rotatable bonds is 7. The monoisotopic (exact) mass is 286 g/mol. The fourth-order valence-electron chi connectivity index (χ4n) is 2.75. The van der Waals surface area contributed by atoms with E-state index in [4.69, 9.17) is 22.7 Å². The van der Waals surface area contributed by atoms with E-state index in [1.165, 1.54) is 0 Å². The first-order valence-electron chi connectivity index (χ1n) is 7.09. The topological polar surface area (TPSA) is 55.6 Å². The summed E-state index contributed by atoms with van der Waals surface area (Å²) in [5, 5.41) is 0. The molecule has 0 radical (unpaired) electrons. The molecule has 1 fully saturated rings. The van der Waals surface area contributed by atoms with Crippen LogP contribution in [0.15, 0.2) is 0 Å². The Hall–Kier alpha value is -0.680. The first-order chi connectivity index (χ1) is 8.99. The quantitative estimate of drug-likeness (QED) is 0.728. The Kier molecular flexibility index (Phi) is 6.20. The molecule has 0 saturated heterocycles. The van der Waals surface area contributed by atoms with Gasteiger partial charge in [-0.3, -0.25) is 4.79 Å². The Morgan fingerprint density at radius 3 is 2.47 bits per heavy atom. The fourth-order valence-corrected chi connectivity index (χ4v) is 3.04. The van der Waals surface area contributed by atoms with Gasteiger partial charge in [-0.1, -0.05) is 32.0 Å². The van der Waals surface area contributed by atoms with Crippen molar-refractivity contribution < 1.29 is 9.53 Å². The van der Waals surface area contributed by atoms with Crippen molar-refractivity contribution in [3.8, 4) is 0 Å². The molecule has 0 aromatic heterocycles. The summed E-state index contributed by atoms with van der Waals surface area (Å²) in [6.45, 7) is 5.30. The molecule has 110 valence electrons. The Labute approximate surface area is 121 Å². The third-order valence-corrected chi connectivity index (χ3v) is 4.65. The lowest BCUT2D eigenvalue weighted by atomic mass is 9.84. The number of hydrogen-bond acceptors (Lipinski definition) is 3. The highest BCUT2D eigenvalue weighted by molar-refractivity contribution is 7.80. The zero-order valence-electron chi connectivity index (χ0n) is 12.3. The molecule has 0 aromatic carbocycles. The molecule has 1 unspecified atom stereocenters. The van der Waals surface area contributed by atoms with E-state index in [9.17, 15) is 4.79 Å². The maximum atomic E-state index is 12.9. The van der Waals surface area contributed by atoms with Crippen molar-refractivity contribution in [2.75, 3.05) is 20.3 Å². The van der Waals surface area contributed by atoms with Gasteiger partial charge in [0.05, 0.1) is 17.0 Å². The van der Waals surface area contributed by atoms with Gasteiger partial charge >= 0.3 is 0 Å². The Morgan fingerprint density at radius 1 is 1.47 bits per heavy atom. The smallest absolute Gasteiger partial charge is 0.235 e. The standard InChI is InChI=1S/C14H26N2O2S/c1-4-11(2)16(9-10-18-3)13(17)14(12(15)19)7-5-6-8-14/h11H,4-10H2,1-3H3,(H2,15,19). The molecule has 0 heterocycles. The minimum atomic E-state index is -0.605. The number of hydrogen-bond donors (Lipinski definition) is 1. The van der Waals surface area contributed by atoms with Gasteiger partial charge in [-0.25, -0.2) is 0 Å². The van der Waals surface area contributed by atoms with E-state index in [2.05, 4.69) is 13.8 Å². The summed E-state index contributed by atoms with van der Waals surface area (Å²) in [5.41, 5.74) is 5.29. The van der Waals surface area contributed by atoms with Crippen LogP contribution in [0.5, 0.6) is 0 Å². The number of amides is 1. The Morgan fingerprint density at radius 2 is 2.05 bits per heavy atom. The van der Waals surface area contributed by atoms with E-state index < -0.39 is 5.41 Å². The number of nitrogens with two attached hydrogens (primary N) is 1. The lowest BCUT2D eigenvalue weighted by Crippen LogP contribution is -2.52. The van der Waals surface area contributed by atoms with Gasteiger partial charge < -0.3 is 15.4 Å². The predicted molar refractivity (Wildman–Crippen MR) is 81.0 cm³/mol. The Balaban J connectivity index is 2.93. The molecule has 0 aliphatic heterocycles. The van der Waals surface area contributed by atoms with E-state index in [1.54, 1.807) is 7.11 Å². The molecule has 0 aromatic rings. The van der Waals surface area contributed by atoms with Crippen LogP contribution in [0.3, 0.4) is 0 Å². The van der Waals surface area contributed by atoms with Gasteiger partial charge in [0.2, 0.25) is 5.91 Å². The van der Waals surface area contributed by atoms with Crippen LogP contribution in [0.25, 0.3) is 0 Å². The molecule has 0 bridgehead atoms. The molecule has 0 spiro atoms. The summed E-state index contributed by atoms with van der Waals surface area (Å²) < 4.78 is 5.12. The molecule has 2 N–H and O–H groups in total.